The third kappa shape index (κ3) is 2.04. The van der Waals surface area contributed by atoms with Gasteiger partial charge in [0.25, 0.3) is 5.95 Å². The van der Waals surface area contributed by atoms with Crippen LogP contribution in [0.4, 0.5) is 9.18 Å². The van der Waals surface area contributed by atoms with Crippen LogP contribution in [0.3, 0.4) is 0 Å². The molecule has 0 aliphatic carbocycles. The Balaban J connectivity index is 2.64. The Bertz CT molecular complexity index is 620. The van der Waals surface area contributed by atoms with E-state index >= 15 is 0 Å². The fourth-order valence-corrected chi connectivity index (χ4v) is 1.31. The summed E-state index contributed by atoms with van der Waals surface area (Å²) >= 11 is 4.96. The lowest BCUT2D eigenvalue weighted by Gasteiger charge is -2.00. The lowest BCUT2D eigenvalue weighted by Crippen LogP contribution is -2.04. The van der Waals surface area contributed by atoms with Crippen LogP contribution in [0, 0.1) is 5.82 Å². The molecular weight excluding hydrogens is 239 g/mol. The number of benzene rings is 1. The van der Waals surface area contributed by atoms with E-state index in [1.807, 2.05) is 0 Å². The molecule has 0 aliphatic heterocycles. The van der Waals surface area contributed by atoms with Crippen molar-refractivity contribution in [2.75, 3.05) is 0 Å². The molecule has 0 aliphatic rings. The van der Waals surface area contributed by atoms with Crippen LogP contribution in [0.25, 0.3) is 11.0 Å². The van der Waals surface area contributed by atoms with E-state index in [0.29, 0.717) is 0 Å². The summed E-state index contributed by atoms with van der Waals surface area (Å²) in [6.07, 6.45) is 0. The van der Waals surface area contributed by atoms with Crippen LogP contribution in [0.2, 0.25) is 0 Å². The first kappa shape index (κ1) is 10.6. The molecule has 6 heteroatoms. The first-order valence-electron chi connectivity index (χ1n) is 4.17. The molecule has 0 fully saturated rings. The lowest BCUT2D eigenvalue weighted by atomic mass is 10.2. The van der Waals surface area contributed by atoms with Gasteiger partial charge < -0.3 is 9.15 Å². The van der Waals surface area contributed by atoms with E-state index in [2.05, 4.69) is 4.74 Å². The molecule has 2 rings (SSSR count). The Kier molecular flexibility index (Phi) is 2.62. The van der Waals surface area contributed by atoms with Gasteiger partial charge in [0.15, 0.2) is 5.43 Å². The number of ether oxygens (including phenoxy) is 1. The van der Waals surface area contributed by atoms with Crippen molar-refractivity contribution in [3.05, 3.63) is 40.3 Å². The van der Waals surface area contributed by atoms with Gasteiger partial charge in [-0.25, -0.2) is 9.18 Å². The zero-order chi connectivity index (χ0) is 11.7. The maximum atomic E-state index is 12.8. The van der Waals surface area contributed by atoms with Crippen molar-refractivity contribution in [1.82, 2.24) is 0 Å². The van der Waals surface area contributed by atoms with Gasteiger partial charge in [-0.05, 0) is 18.2 Å². The Morgan fingerprint density at radius 2 is 2.12 bits per heavy atom. The van der Waals surface area contributed by atoms with Gasteiger partial charge in [-0.15, -0.1) is 0 Å². The molecule has 16 heavy (non-hydrogen) atoms. The molecular formula is C10H4ClFO4. The van der Waals surface area contributed by atoms with Gasteiger partial charge in [-0.2, -0.15) is 0 Å². The first-order chi connectivity index (χ1) is 7.56. The number of rotatable bonds is 1. The minimum Gasteiger partial charge on any atom is -0.425 e. The van der Waals surface area contributed by atoms with E-state index in [1.165, 1.54) is 6.07 Å². The average Bonchev–Trinajstić information content (AvgIpc) is 2.18. The second kappa shape index (κ2) is 3.94. The fourth-order valence-electron chi connectivity index (χ4n) is 1.24. The van der Waals surface area contributed by atoms with Gasteiger partial charge >= 0.3 is 5.43 Å². The molecule has 0 saturated heterocycles. The molecule has 1 aromatic carbocycles. The zero-order valence-corrected chi connectivity index (χ0v) is 8.45. The Morgan fingerprint density at radius 3 is 2.81 bits per heavy atom. The summed E-state index contributed by atoms with van der Waals surface area (Å²) in [7, 11) is 0. The smallest absolute Gasteiger partial charge is 0.411 e. The minimum atomic E-state index is -1.12. The van der Waals surface area contributed by atoms with Crippen LogP contribution in [0.1, 0.15) is 0 Å². The Labute approximate surface area is 93.2 Å². The van der Waals surface area contributed by atoms with Gasteiger partial charge in [0.1, 0.15) is 11.4 Å². The monoisotopic (exact) mass is 242 g/mol. The van der Waals surface area contributed by atoms with E-state index in [9.17, 15) is 14.0 Å². The lowest BCUT2D eigenvalue weighted by molar-refractivity contribution is 0.213. The third-order valence-electron chi connectivity index (χ3n) is 1.85. The number of carbonyl (C=O) groups is 1. The molecule has 1 aromatic heterocycles. The number of hydrogen-bond acceptors (Lipinski definition) is 4. The molecule has 0 N–H and O–H groups in total. The quantitative estimate of drug-likeness (QED) is 0.722. The van der Waals surface area contributed by atoms with Crippen molar-refractivity contribution >= 4 is 28.0 Å². The summed E-state index contributed by atoms with van der Waals surface area (Å²) in [6, 6.07) is 4.34. The number of halogens is 2. The van der Waals surface area contributed by atoms with Crippen molar-refractivity contribution in [2.45, 2.75) is 0 Å². The minimum absolute atomic E-state index is 0.0642. The number of hydrogen-bond donors (Lipinski definition) is 0. The van der Waals surface area contributed by atoms with E-state index in [1.54, 1.807) is 0 Å². The SMILES string of the molecule is O=C(Cl)Oc1cc(=O)c2cc(F)ccc2o1. The summed E-state index contributed by atoms with van der Waals surface area (Å²) in [5.74, 6) is -0.883. The molecule has 82 valence electrons. The molecule has 0 radical (unpaired) electrons. The topological polar surface area (TPSA) is 56.5 Å². The number of carbonyl (C=O) groups excluding carboxylic acids is 1. The van der Waals surface area contributed by atoms with Crippen molar-refractivity contribution in [2.24, 2.45) is 0 Å². The van der Waals surface area contributed by atoms with Crippen LogP contribution in [0.15, 0.2) is 33.5 Å². The summed E-state index contributed by atoms with van der Waals surface area (Å²) in [5, 5.41) is 0.0642. The highest BCUT2D eigenvalue weighted by molar-refractivity contribution is 6.61. The zero-order valence-electron chi connectivity index (χ0n) is 7.70. The van der Waals surface area contributed by atoms with E-state index < -0.39 is 16.7 Å². The molecule has 1 heterocycles. The highest BCUT2D eigenvalue weighted by Crippen LogP contribution is 2.18. The molecule has 0 spiro atoms. The van der Waals surface area contributed by atoms with E-state index in [-0.39, 0.29) is 16.9 Å². The van der Waals surface area contributed by atoms with Gasteiger partial charge in [-0.3, -0.25) is 4.79 Å². The van der Waals surface area contributed by atoms with Crippen molar-refractivity contribution in [1.29, 1.82) is 0 Å². The highest BCUT2D eigenvalue weighted by atomic mass is 35.5. The predicted molar refractivity (Wildman–Crippen MR) is 54.3 cm³/mol. The summed E-state index contributed by atoms with van der Waals surface area (Å²) in [6.45, 7) is 0. The van der Waals surface area contributed by atoms with E-state index in [0.717, 1.165) is 18.2 Å². The highest BCUT2D eigenvalue weighted by Gasteiger charge is 2.08. The Hall–Kier alpha value is -1.88. The normalized spacial score (nSPS) is 10.4. The van der Waals surface area contributed by atoms with Crippen molar-refractivity contribution in [3.8, 4) is 5.95 Å². The maximum absolute atomic E-state index is 12.8. The molecule has 0 unspecified atom stereocenters. The summed E-state index contributed by atoms with van der Waals surface area (Å²) < 4.78 is 22.3. The van der Waals surface area contributed by atoms with Crippen molar-refractivity contribution < 1.29 is 18.3 Å². The summed E-state index contributed by atoms with van der Waals surface area (Å²) in [4.78, 5) is 21.9. The summed E-state index contributed by atoms with van der Waals surface area (Å²) in [5.41, 5.74) is -1.53. The fraction of sp³-hybridized carbons (Fsp3) is 0. The maximum Gasteiger partial charge on any atom is 0.411 e. The average molecular weight is 243 g/mol. The first-order valence-corrected chi connectivity index (χ1v) is 4.55. The van der Waals surface area contributed by atoms with Gasteiger partial charge in [0, 0.05) is 11.6 Å². The van der Waals surface area contributed by atoms with Gasteiger partial charge in [-0.1, -0.05) is 0 Å². The standard InChI is InChI=1S/C10H4ClFO4/c11-10(14)16-9-4-7(13)6-3-5(12)1-2-8(6)15-9/h1-4H. The molecule has 0 bridgehead atoms. The van der Waals surface area contributed by atoms with Crippen LogP contribution in [-0.4, -0.2) is 5.43 Å². The molecule has 4 nitrogen and oxygen atoms in total. The second-order valence-electron chi connectivity index (χ2n) is 2.91. The molecule has 0 saturated carbocycles. The largest absolute Gasteiger partial charge is 0.425 e. The van der Waals surface area contributed by atoms with E-state index in [4.69, 9.17) is 16.0 Å². The Morgan fingerprint density at radius 1 is 1.38 bits per heavy atom. The van der Waals surface area contributed by atoms with Crippen LogP contribution in [-0.2, 0) is 0 Å². The van der Waals surface area contributed by atoms with Crippen molar-refractivity contribution in [3.63, 3.8) is 0 Å². The van der Waals surface area contributed by atoms with Gasteiger partial charge in [0.05, 0.1) is 11.5 Å². The molecule has 2 aromatic rings. The van der Waals surface area contributed by atoms with Crippen LogP contribution >= 0.6 is 11.6 Å². The number of fused-ring (bicyclic) bond motifs is 1. The second-order valence-corrected chi connectivity index (χ2v) is 3.22. The molecule has 0 atom stereocenters. The van der Waals surface area contributed by atoms with Crippen LogP contribution < -0.4 is 10.2 Å². The predicted octanol–water partition coefficient (Wildman–Crippen LogP) is 2.67. The van der Waals surface area contributed by atoms with Gasteiger partial charge in [0.2, 0.25) is 0 Å². The van der Waals surface area contributed by atoms with Crippen LogP contribution in [0.5, 0.6) is 5.95 Å². The third-order valence-corrected chi connectivity index (χ3v) is 1.92. The molecule has 0 amide bonds.